The number of aryl methyl sites for hydroxylation is 1. The monoisotopic (exact) mass is 457 g/mol. The minimum absolute atomic E-state index is 0. The molecule has 6 nitrogen and oxygen atoms in total. The van der Waals surface area contributed by atoms with Gasteiger partial charge in [-0.25, -0.2) is 4.98 Å². The van der Waals surface area contributed by atoms with Crippen molar-refractivity contribution in [3.63, 3.8) is 0 Å². The van der Waals surface area contributed by atoms with E-state index >= 15 is 0 Å². The van der Waals surface area contributed by atoms with Gasteiger partial charge in [-0.2, -0.15) is 0 Å². The molecule has 0 unspecified atom stereocenters. The maximum atomic E-state index is 5.64. The number of para-hydroxylation sites is 2. The molecule has 1 aliphatic rings. The number of imidazole rings is 1. The molecule has 7 heteroatoms. The second-order valence-corrected chi connectivity index (χ2v) is 6.30. The van der Waals surface area contributed by atoms with E-state index in [1.54, 1.807) is 7.05 Å². The first kappa shape index (κ1) is 20.0. The van der Waals surface area contributed by atoms with Crippen molar-refractivity contribution in [2.45, 2.75) is 25.8 Å². The summed E-state index contributed by atoms with van der Waals surface area (Å²) in [5.74, 6) is 2.62. The van der Waals surface area contributed by atoms with Crippen molar-refractivity contribution in [2.75, 3.05) is 26.8 Å². The van der Waals surface area contributed by atoms with Crippen LogP contribution < -0.4 is 10.6 Å². The normalized spacial score (nSPS) is 14.4. The Balaban J connectivity index is 0.00000225. The summed E-state index contributed by atoms with van der Waals surface area (Å²) in [7, 11) is 3.83. The Morgan fingerprint density at radius 1 is 1.32 bits per heavy atom. The maximum absolute atomic E-state index is 5.64. The molecule has 138 valence electrons. The molecule has 25 heavy (non-hydrogen) atoms. The molecule has 0 bridgehead atoms. The average Bonchev–Trinajstić information content (AvgIpc) is 3.38. The lowest BCUT2D eigenvalue weighted by Crippen LogP contribution is -2.38. The summed E-state index contributed by atoms with van der Waals surface area (Å²) in [4.78, 5) is 8.92. The fourth-order valence-electron chi connectivity index (χ4n) is 2.65. The van der Waals surface area contributed by atoms with Crippen LogP contribution in [0.3, 0.4) is 0 Å². The van der Waals surface area contributed by atoms with Crippen molar-refractivity contribution in [1.82, 2.24) is 20.2 Å². The number of nitrogens with zero attached hydrogens (tertiary/aromatic N) is 3. The molecule has 0 aliphatic heterocycles. The molecule has 1 aliphatic carbocycles. The van der Waals surface area contributed by atoms with Crippen molar-refractivity contribution in [3.05, 3.63) is 30.1 Å². The van der Waals surface area contributed by atoms with Gasteiger partial charge in [-0.3, -0.25) is 4.99 Å². The minimum Gasteiger partial charge on any atom is -0.381 e. The Morgan fingerprint density at radius 2 is 2.12 bits per heavy atom. The third kappa shape index (κ3) is 5.85. The van der Waals surface area contributed by atoms with Crippen molar-refractivity contribution < 1.29 is 4.74 Å². The molecule has 0 radical (unpaired) electrons. The molecular weight excluding hydrogens is 429 g/mol. The van der Waals surface area contributed by atoms with E-state index < -0.39 is 0 Å². The summed E-state index contributed by atoms with van der Waals surface area (Å²) in [5.41, 5.74) is 2.16. The molecule has 2 N–H and O–H groups in total. The van der Waals surface area contributed by atoms with Crippen LogP contribution in [0.2, 0.25) is 0 Å². The molecule has 0 amide bonds. The number of hydrogen-bond acceptors (Lipinski definition) is 3. The van der Waals surface area contributed by atoms with Gasteiger partial charge in [0.05, 0.1) is 17.6 Å². The second kappa shape index (κ2) is 9.96. The zero-order chi connectivity index (χ0) is 16.8. The number of halogens is 1. The topological polar surface area (TPSA) is 63.5 Å². The predicted molar refractivity (Wildman–Crippen MR) is 112 cm³/mol. The fourth-order valence-corrected chi connectivity index (χ4v) is 2.65. The van der Waals surface area contributed by atoms with Gasteiger partial charge in [0.1, 0.15) is 5.82 Å². The zero-order valence-corrected chi connectivity index (χ0v) is 17.3. The lowest BCUT2D eigenvalue weighted by molar-refractivity contribution is 0.123. The predicted octanol–water partition coefficient (Wildman–Crippen LogP) is 2.67. The van der Waals surface area contributed by atoms with Crippen molar-refractivity contribution in [3.8, 4) is 0 Å². The van der Waals surface area contributed by atoms with Crippen LogP contribution in [0.5, 0.6) is 0 Å². The number of rotatable bonds is 8. The van der Waals surface area contributed by atoms with E-state index in [0.29, 0.717) is 6.54 Å². The van der Waals surface area contributed by atoms with Crippen LogP contribution in [-0.4, -0.2) is 42.3 Å². The number of benzene rings is 1. The van der Waals surface area contributed by atoms with Crippen LogP contribution in [-0.2, 0) is 18.3 Å². The SMILES string of the molecule is CN=C(NCCCOCC1CC1)NCc1nc2ccccc2n1C.I. The number of nitrogens with one attached hydrogen (secondary N) is 2. The highest BCUT2D eigenvalue weighted by Crippen LogP contribution is 2.28. The summed E-state index contributed by atoms with van der Waals surface area (Å²) in [5, 5.41) is 6.64. The minimum atomic E-state index is 0. The summed E-state index contributed by atoms with van der Waals surface area (Å²) < 4.78 is 7.75. The molecular formula is C18H28IN5O. The molecule has 1 heterocycles. The Hall–Kier alpha value is -1.35. The van der Waals surface area contributed by atoms with Gasteiger partial charge in [0, 0.05) is 33.9 Å². The number of guanidine groups is 1. The number of fused-ring (bicyclic) bond motifs is 1. The first-order chi connectivity index (χ1) is 11.8. The second-order valence-electron chi connectivity index (χ2n) is 6.30. The largest absolute Gasteiger partial charge is 0.381 e. The Labute approximate surface area is 166 Å². The van der Waals surface area contributed by atoms with Gasteiger partial charge in [-0.15, -0.1) is 24.0 Å². The van der Waals surface area contributed by atoms with Crippen molar-refractivity contribution in [2.24, 2.45) is 18.0 Å². The van der Waals surface area contributed by atoms with E-state index in [4.69, 9.17) is 4.74 Å². The third-order valence-electron chi connectivity index (χ3n) is 4.33. The molecule has 3 rings (SSSR count). The molecule has 1 aromatic heterocycles. The zero-order valence-electron chi connectivity index (χ0n) is 15.0. The highest BCUT2D eigenvalue weighted by Gasteiger charge is 2.20. The van der Waals surface area contributed by atoms with Gasteiger partial charge in [-0.05, 0) is 37.3 Å². The lowest BCUT2D eigenvalue weighted by Gasteiger charge is -2.12. The van der Waals surface area contributed by atoms with Crippen LogP contribution in [0.1, 0.15) is 25.1 Å². The van der Waals surface area contributed by atoms with Gasteiger partial charge < -0.3 is 19.9 Å². The first-order valence-electron chi connectivity index (χ1n) is 8.70. The Kier molecular flexibility index (Phi) is 7.95. The molecule has 1 fully saturated rings. The van der Waals surface area contributed by atoms with E-state index in [1.165, 1.54) is 12.8 Å². The van der Waals surface area contributed by atoms with Gasteiger partial charge in [-0.1, -0.05) is 12.1 Å². The number of aliphatic imine (C=N–C) groups is 1. The number of aromatic nitrogens is 2. The van der Waals surface area contributed by atoms with E-state index in [-0.39, 0.29) is 24.0 Å². The average molecular weight is 457 g/mol. The lowest BCUT2D eigenvalue weighted by atomic mass is 10.3. The smallest absolute Gasteiger partial charge is 0.191 e. The quantitative estimate of drug-likeness (QED) is 0.277. The van der Waals surface area contributed by atoms with Gasteiger partial charge in [0.15, 0.2) is 5.96 Å². The fraction of sp³-hybridized carbons (Fsp3) is 0.556. The summed E-state index contributed by atoms with van der Waals surface area (Å²) in [6.07, 6.45) is 3.67. The molecule has 0 spiro atoms. The van der Waals surface area contributed by atoms with E-state index in [1.807, 2.05) is 25.2 Å². The van der Waals surface area contributed by atoms with Crippen LogP contribution in [0.15, 0.2) is 29.3 Å². The van der Waals surface area contributed by atoms with Gasteiger partial charge in [0.2, 0.25) is 0 Å². The van der Waals surface area contributed by atoms with Gasteiger partial charge >= 0.3 is 0 Å². The number of hydrogen-bond donors (Lipinski definition) is 2. The van der Waals surface area contributed by atoms with Crippen molar-refractivity contribution >= 4 is 41.0 Å². The van der Waals surface area contributed by atoms with Crippen LogP contribution >= 0.6 is 24.0 Å². The highest BCUT2D eigenvalue weighted by atomic mass is 127. The number of ether oxygens (including phenoxy) is 1. The van der Waals surface area contributed by atoms with E-state index in [0.717, 1.165) is 54.9 Å². The van der Waals surface area contributed by atoms with E-state index in [9.17, 15) is 0 Å². The molecule has 0 saturated heterocycles. The van der Waals surface area contributed by atoms with Crippen LogP contribution in [0.4, 0.5) is 0 Å². The van der Waals surface area contributed by atoms with Crippen molar-refractivity contribution in [1.29, 1.82) is 0 Å². The molecule has 1 saturated carbocycles. The summed E-state index contributed by atoms with van der Waals surface area (Å²) in [6.45, 7) is 3.24. The van der Waals surface area contributed by atoms with Crippen LogP contribution in [0.25, 0.3) is 11.0 Å². The Bertz CT molecular complexity index is 696. The molecule has 0 atom stereocenters. The Morgan fingerprint density at radius 3 is 2.84 bits per heavy atom. The molecule has 1 aromatic carbocycles. The van der Waals surface area contributed by atoms with Crippen LogP contribution in [0, 0.1) is 5.92 Å². The van der Waals surface area contributed by atoms with Gasteiger partial charge in [0.25, 0.3) is 0 Å². The summed E-state index contributed by atoms with van der Waals surface area (Å²) in [6, 6.07) is 8.17. The maximum Gasteiger partial charge on any atom is 0.191 e. The highest BCUT2D eigenvalue weighted by molar-refractivity contribution is 14.0. The van der Waals surface area contributed by atoms with E-state index in [2.05, 4.69) is 31.2 Å². The standard InChI is InChI=1S/C18H27N5O.HI/c1-19-18(20-10-5-11-24-13-14-8-9-14)21-12-17-22-15-6-3-4-7-16(15)23(17)2;/h3-4,6-7,14H,5,8-13H2,1-2H3,(H2,19,20,21);1H. The first-order valence-corrected chi connectivity index (χ1v) is 8.70. The summed E-state index contributed by atoms with van der Waals surface area (Å²) >= 11 is 0. The molecule has 2 aromatic rings. The third-order valence-corrected chi connectivity index (χ3v) is 4.33.